The zero-order valence-corrected chi connectivity index (χ0v) is 14.3. The van der Waals surface area contributed by atoms with Gasteiger partial charge in [-0.25, -0.2) is 0 Å². The van der Waals surface area contributed by atoms with Crippen LogP contribution in [0.2, 0.25) is 5.02 Å². The molecule has 112 valence electrons. The first-order valence-electron chi connectivity index (χ1n) is 6.92. The zero-order valence-electron chi connectivity index (χ0n) is 11.4. The highest BCUT2D eigenvalue weighted by Gasteiger charge is 2.21. The van der Waals surface area contributed by atoms with Gasteiger partial charge in [-0.15, -0.1) is 0 Å². The molecule has 1 saturated carbocycles. The molecule has 4 nitrogen and oxygen atoms in total. The smallest absolute Gasteiger partial charge is 0.159 e. The molecule has 1 heterocycles. The van der Waals surface area contributed by atoms with Gasteiger partial charge in [-0.2, -0.15) is 0 Å². The van der Waals surface area contributed by atoms with Crippen molar-refractivity contribution >= 4 is 45.1 Å². The topological polar surface area (TPSA) is 54.4 Å². The molecule has 3 rings (SSSR count). The van der Waals surface area contributed by atoms with Gasteiger partial charge in [0.25, 0.3) is 0 Å². The predicted octanol–water partition coefficient (Wildman–Crippen LogP) is 2.98. The van der Waals surface area contributed by atoms with Crippen molar-refractivity contribution in [2.75, 3.05) is 13.2 Å². The lowest BCUT2D eigenvalue weighted by Crippen LogP contribution is -2.32. The lowest BCUT2D eigenvalue weighted by Gasteiger charge is -2.15. The molecule has 1 aromatic heterocycles. The second-order valence-electron chi connectivity index (χ2n) is 5.22. The molecule has 0 bridgehead atoms. The van der Waals surface area contributed by atoms with Crippen molar-refractivity contribution in [2.24, 2.45) is 0 Å². The summed E-state index contributed by atoms with van der Waals surface area (Å²) >= 11 is 8.40. The predicted molar refractivity (Wildman–Crippen MR) is 92.0 cm³/mol. The van der Waals surface area contributed by atoms with Gasteiger partial charge in [0.2, 0.25) is 0 Å². The monoisotopic (exact) mass is 418 g/mol. The Bertz CT molecular complexity index is 649. The molecule has 0 saturated heterocycles. The van der Waals surface area contributed by atoms with Crippen LogP contribution in [-0.4, -0.2) is 35.4 Å². The van der Waals surface area contributed by atoms with Gasteiger partial charge in [-0.1, -0.05) is 11.6 Å². The van der Waals surface area contributed by atoms with Crippen molar-refractivity contribution in [1.29, 1.82) is 0 Å². The largest absolute Gasteiger partial charge is 0.487 e. The van der Waals surface area contributed by atoms with E-state index in [1.165, 1.54) is 12.8 Å². The highest BCUT2D eigenvalue weighted by atomic mass is 127. The Balaban J connectivity index is 1.73. The first kappa shape index (κ1) is 15.3. The van der Waals surface area contributed by atoms with Crippen LogP contribution in [0.5, 0.6) is 5.75 Å². The third-order valence-electron chi connectivity index (χ3n) is 3.39. The van der Waals surface area contributed by atoms with Gasteiger partial charge in [0.15, 0.2) is 5.75 Å². The van der Waals surface area contributed by atoms with Crippen molar-refractivity contribution < 1.29 is 9.84 Å². The van der Waals surface area contributed by atoms with Crippen molar-refractivity contribution in [3.05, 3.63) is 33.0 Å². The van der Waals surface area contributed by atoms with Gasteiger partial charge in [0.1, 0.15) is 18.2 Å². The Hall–Kier alpha value is -0.630. The fraction of sp³-hybridized carbons (Fsp3) is 0.400. The number of benzene rings is 1. The van der Waals surface area contributed by atoms with Crippen molar-refractivity contribution in [3.63, 3.8) is 0 Å². The number of aliphatic hydroxyl groups is 1. The standard InChI is InChI=1S/C15H16ClIN2O2/c16-12-6-13(17)15(14-11(12)2-1-5-18-14)21-8-10(20)7-19-9-3-4-9/h1-2,5-6,9-10,19-20H,3-4,7-8H2. The second-order valence-corrected chi connectivity index (χ2v) is 6.79. The highest BCUT2D eigenvalue weighted by Crippen LogP contribution is 2.34. The average molecular weight is 419 g/mol. The number of hydrogen-bond donors (Lipinski definition) is 2. The molecule has 0 radical (unpaired) electrons. The van der Waals surface area contributed by atoms with Crippen molar-refractivity contribution in [1.82, 2.24) is 10.3 Å². The molecule has 21 heavy (non-hydrogen) atoms. The Kier molecular flexibility index (Phi) is 4.83. The first-order chi connectivity index (χ1) is 10.1. The number of fused-ring (bicyclic) bond motifs is 1. The van der Waals surface area contributed by atoms with Crippen LogP contribution in [0, 0.1) is 3.57 Å². The Morgan fingerprint density at radius 2 is 2.33 bits per heavy atom. The summed E-state index contributed by atoms with van der Waals surface area (Å²) in [5.74, 6) is 0.682. The summed E-state index contributed by atoms with van der Waals surface area (Å²) in [4.78, 5) is 4.35. The van der Waals surface area contributed by atoms with E-state index in [1.54, 1.807) is 6.20 Å². The summed E-state index contributed by atoms with van der Waals surface area (Å²) < 4.78 is 6.70. The summed E-state index contributed by atoms with van der Waals surface area (Å²) in [6, 6.07) is 6.20. The lowest BCUT2D eigenvalue weighted by atomic mass is 10.2. The quantitative estimate of drug-likeness (QED) is 0.708. The van der Waals surface area contributed by atoms with Crippen LogP contribution < -0.4 is 10.1 Å². The fourth-order valence-corrected chi connectivity index (χ4v) is 3.28. The molecule has 1 aliphatic carbocycles. The number of halogens is 2. The molecule has 0 amide bonds. The second kappa shape index (κ2) is 6.64. The normalized spacial score (nSPS) is 16.1. The SMILES string of the molecule is OC(CNC1CC1)COc1c(I)cc(Cl)c2cccnc12. The van der Waals surface area contributed by atoms with E-state index >= 15 is 0 Å². The number of hydrogen-bond acceptors (Lipinski definition) is 4. The van der Waals surface area contributed by atoms with Crippen LogP contribution in [-0.2, 0) is 0 Å². The maximum absolute atomic E-state index is 9.97. The van der Waals surface area contributed by atoms with Gasteiger partial charge < -0.3 is 15.2 Å². The summed E-state index contributed by atoms with van der Waals surface area (Å²) in [6.45, 7) is 0.795. The van der Waals surface area contributed by atoms with Crippen LogP contribution in [0.3, 0.4) is 0 Å². The third kappa shape index (κ3) is 3.77. The molecular weight excluding hydrogens is 403 g/mol. The van der Waals surface area contributed by atoms with Crippen LogP contribution in [0.25, 0.3) is 10.9 Å². The van der Waals surface area contributed by atoms with E-state index in [9.17, 15) is 5.11 Å². The van der Waals surface area contributed by atoms with E-state index in [0.29, 0.717) is 23.4 Å². The summed E-state index contributed by atoms with van der Waals surface area (Å²) in [5.41, 5.74) is 0.733. The molecule has 1 fully saturated rings. The van der Waals surface area contributed by atoms with Crippen LogP contribution in [0.1, 0.15) is 12.8 Å². The molecule has 2 N–H and O–H groups in total. The molecule has 2 aromatic rings. The van der Waals surface area contributed by atoms with Crippen molar-refractivity contribution in [3.8, 4) is 5.75 Å². The van der Waals surface area contributed by atoms with Crippen molar-refractivity contribution in [2.45, 2.75) is 25.0 Å². The van der Waals surface area contributed by atoms with E-state index < -0.39 is 6.10 Å². The van der Waals surface area contributed by atoms with Crippen LogP contribution >= 0.6 is 34.2 Å². The molecule has 1 atom stereocenters. The number of pyridine rings is 1. The number of aliphatic hydroxyl groups excluding tert-OH is 1. The number of nitrogens with one attached hydrogen (secondary N) is 1. The Morgan fingerprint density at radius 3 is 3.10 bits per heavy atom. The molecule has 0 spiro atoms. The number of aromatic nitrogens is 1. The van der Waals surface area contributed by atoms with E-state index in [2.05, 4.69) is 32.9 Å². The Morgan fingerprint density at radius 1 is 1.52 bits per heavy atom. The minimum Gasteiger partial charge on any atom is -0.487 e. The van der Waals surface area contributed by atoms with Gasteiger partial charge in [0, 0.05) is 24.2 Å². The molecular formula is C15H16ClIN2O2. The van der Waals surface area contributed by atoms with Crippen LogP contribution in [0.4, 0.5) is 0 Å². The summed E-state index contributed by atoms with van der Waals surface area (Å²) in [5, 5.41) is 14.8. The molecule has 1 aromatic carbocycles. The van der Waals surface area contributed by atoms with Gasteiger partial charge in [-0.3, -0.25) is 4.98 Å². The lowest BCUT2D eigenvalue weighted by molar-refractivity contribution is 0.106. The molecule has 0 aliphatic heterocycles. The fourth-order valence-electron chi connectivity index (χ4n) is 2.11. The Labute approximate surface area is 142 Å². The maximum atomic E-state index is 9.97. The maximum Gasteiger partial charge on any atom is 0.159 e. The van der Waals surface area contributed by atoms with Gasteiger partial charge in [-0.05, 0) is 53.6 Å². The molecule has 1 unspecified atom stereocenters. The minimum atomic E-state index is -0.532. The summed E-state index contributed by atoms with van der Waals surface area (Å²) in [7, 11) is 0. The molecule has 1 aliphatic rings. The zero-order chi connectivity index (χ0) is 14.8. The van der Waals surface area contributed by atoms with E-state index in [1.807, 2.05) is 18.2 Å². The van der Waals surface area contributed by atoms with E-state index in [0.717, 1.165) is 14.5 Å². The van der Waals surface area contributed by atoms with E-state index in [4.69, 9.17) is 16.3 Å². The number of rotatable bonds is 6. The van der Waals surface area contributed by atoms with Gasteiger partial charge >= 0.3 is 0 Å². The molecule has 6 heteroatoms. The summed E-state index contributed by atoms with van der Waals surface area (Å²) in [6.07, 6.45) is 3.59. The van der Waals surface area contributed by atoms with Gasteiger partial charge in [0.05, 0.1) is 8.59 Å². The number of nitrogens with zero attached hydrogens (tertiary/aromatic N) is 1. The van der Waals surface area contributed by atoms with Crippen LogP contribution in [0.15, 0.2) is 24.4 Å². The third-order valence-corrected chi connectivity index (χ3v) is 4.50. The number of ether oxygens (including phenoxy) is 1. The minimum absolute atomic E-state index is 0.239. The highest BCUT2D eigenvalue weighted by molar-refractivity contribution is 14.1. The average Bonchev–Trinajstić information content (AvgIpc) is 3.29. The first-order valence-corrected chi connectivity index (χ1v) is 8.38. The van der Waals surface area contributed by atoms with E-state index in [-0.39, 0.29) is 6.61 Å².